The van der Waals surface area contributed by atoms with Gasteiger partial charge in [0.15, 0.2) is 6.29 Å². The third-order valence-corrected chi connectivity index (χ3v) is 1.69. The van der Waals surface area contributed by atoms with Gasteiger partial charge in [0.2, 0.25) is 0 Å². The minimum Gasteiger partial charge on any atom is -0.368 e. The summed E-state index contributed by atoms with van der Waals surface area (Å²) in [5.41, 5.74) is 0. The summed E-state index contributed by atoms with van der Waals surface area (Å²) in [6.07, 6.45) is 1.39. The predicted octanol–water partition coefficient (Wildman–Crippen LogP) is 1.39. The van der Waals surface area contributed by atoms with E-state index in [0.29, 0.717) is 5.92 Å². The van der Waals surface area contributed by atoms with Crippen LogP contribution in [0.5, 0.6) is 0 Å². The Kier molecular flexibility index (Phi) is 4.72. The lowest BCUT2D eigenvalue weighted by molar-refractivity contribution is -0.114. The lowest BCUT2D eigenvalue weighted by Crippen LogP contribution is -2.20. The van der Waals surface area contributed by atoms with E-state index in [0.717, 1.165) is 12.8 Å². The predicted molar refractivity (Wildman–Crippen MR) is 37.1 cm³/mol. The molecule has 1 atom stereocenters. The van der Waals surface area contributed by atoms with Crippen molar-refractivity contribution >= 4 is 0 Å². The molecule has 0 saturated carbocycles. The molecule has 0 aliphatic carbocycles. The fraction of sp³-hybridized carbons (Fsp3) is 1.00. The Morgan fingerprint density at radius 3 is 1.89 bits per heavy atom. The van der Waals surface area contributed by atoms with Crippen LogP contribution in [0.4, 0.5) is 0 Å². The van der Waals surface area contributed by atoms with E-state index < -0.39 is 6.29 Å². The van der Waals surface area contributed by atoms with Crippen molar-refractivity contribution in [1.29, 1.82) is 0 Å². The SMILES string of the molecule is CCC(CC)C(O)OC. The van der Waals surface area contributed by atoms with E-state index in [1.807, 2.05) is 0 Å². The quantitative estimate of drug-likeness (QED) is 0.586. The van der Waals surface area contributed by atoms with Crippen molar-refractivity contribution in [2.75, 3.05) is 7.11 Å². The zero-order valence-electron chi connectivity index (χ0n) is 6.42. The van der Waals surface area contributed by atoms with E-state index in [4.69, 9.17) is 9.84 Å². The summed E-state index contributed by atoms with van der Waals surface area (Å²) < 4.78 is 4.75. The molecule has 0 aliphatic heterocycles. The molecule has 0 aromatic heterocycles. The first-order chi connectivity index (χ1) is 4.26. The van der Waals surface area contributed by atoms with Gasteiger partial charge in [-0.15, -0.1) is 0 Å². The van der Waals surface area contributed by atoms with Crippen molar-refractivity contribution in [1.82, 2.24) is 0 Å². The topological polar surface area (TPSA) is 29.5 Å². The highest BCUT2D eigenvalue weighted by Crippen LogP contribution is 2.12. The Morgan fingerprint density at radius 1 is 1.33 bits per heavy atom. The second-order valence-corrected chi connectivity index (χ2v) is 2.20. The van der Waals surface area contributed by atoms with E-state index in [2.05, 4.69) is 13.8 Å². The second-order valence-electron chi connectivity index (χ2n) is 2.20. The molecular formula is C7H16O2. The van der Waals surface area contributed by atoms with Crippen LogP contribution in [0.3, 0.4) is 0 Å². The highest BCUT2D eigenvalue weighted by atomic mass is 16.6. The summed E-state index contributed by atoms with van der Waals surface area (Å²) in [4.78, 5) is 0. The zero-order valence-corrected chi connectivity index (χ0v) is 6.42. The third kappa shape index (κ3) is 2.82. The summed E-state index contributed by atoms with van der Waals surface area (Å²) in [5.74, 6) is 0.301. The molecule has 0 bridgehead atoms. The number of methoxy groups -OCH3 is 1. The normalized spacial score (nSPS) is 14.3. The lowest BCUT2D eigenvalue weighted by Gasteiger charge is -2.17. The van der Waals surface area contributed by atoms with Crippen LogP contribution in [0, 0.1) is 5.92 Å². The summed E-state index contributed by atoms with van der Waals surface area (Å²) in [6.45, 7) is 4.10. The number of aliphatic hydroxyl groups excluding tert-OH is 1. The molecule has 0 aliphatic rings. The molecule has 0 rings (SSSR count). The molecule has 0 radical (unpaired) electrons. The molecule has 0 aromatic rings. The average Bonchev–Trinajstić information content (AvgIpc) is 1.90. The maximum absolute atomic E-state index is 9.10. The summed E-state index contributed by atoms with van der Waals surface area (Å²) in [5, 5.41) is 9.10. The van der Waals surface area contributed by atoms with Crippen LogP contribution < -0.4 is 0 Å². The molecular weight excluding hydrogens is 116 g/mol. The maximum Gasteiger partial charge on any atom is 0.156 e. The number of ether oxygens (including phenoxy) is 1. The van der Waals surface area contributed by atoms with Gasteiger partial charge in [-0.3, -0.25) is 0 Å². The van der Waals surface area contributed by atoms with Crippen LogP contribution in [-0.2, 0) is 4.74 Å². The Morgan fingerprint density at radius 2 is 1.78 bits per heavy atom. The number of rotatable bonds is 4. The Hall–Kier alpha value is -0.0800. The van der Waals surface area contributed by atoms with Gasteiger partial charge < -0.3 is 9.84 Å². The zero-order chi connectivity index (χ0) is 7.28. The second kappa shape index (κ2) is 4.77. The molecule has 1 unspecified atom stereocenters. The highest BCUT2D eigenvalue weighted by Gasteiger charge is 2.12. The van der Waals surface area contributed by atoms with Crippen molar-refractivity contribution in [2.24, 2.45) is 5.92 Å². The molecule has 9 heavy (non-hydrogen) atoms. The Bertz CT molecular complexity index is 59.9. The molecule has 0 amide bonds. The third-order valence-electron chi connectivity index (χ3n) is 1.69. The number of aliphatic hydroxyl groups is 1. The first-order valence-electron chi connectivity index (χ1n) is 3.47. The first kappa shape index (κ1) is 8.92. The fourth-order valence-corrected chi connectivity index (χ4v) is 0.884. The van der Waals surface area contributed by atoms with E-state index in [9.17, 15) is 0 Å². The van der Waals surface area contributed by atoms with Crippen LogP contribution in [0.15, 0.2) is 0 Å². The van der Waals surface area contributed by atoms with Gasteiger partial charge in [-0.1, -0.05) is 13.8 Å². The Labute approximate surface area is 56.8 Å². The highest BCUT2D eigenvalue weighted by molar-refractivity contribution is 4.55. The lowest BCUT2D eigenvalue weighted by atomic mass is 10.0. The Balaban J connectivity index is 3.50. The first-order valence-corrected chi connectivity index (χ1v) is 3.47. The van der Waals surface area contributed by atoms with Gasteiger partial charge in [-0.2, -0.15) is 0 Å². The minimum absolute atomic E-state index is 0.301. The summed E-state index contributed by atoms with van der Waals surface area (Å²) in [7, 11) is 1.53. The van der Waals surface area contributed by atoms with E-state index in [-0.39, 0.29) is 0 Å². The average molecular weight is 132 g/mol. The molecule has 1 N–H and O–H groups in total. The van der Waals surface area contributed by atoms with Crippen LogP contribution in [0.25, 0.3) is 0 Å². The van der Waals surface area contributed by atoms with Crippen molar-refractivity contribution in [3.8, 4) is 0 Å². The van der Waals surface area contributed by atoms with Gasteiger partial charge in [-0.05, 0) is 12.8 Å². The fourth-order valence-electron chi connectivity index (χ4n) is 0.884. The van der Waals surface area contributed by atoms with E-state index in [1.54, 1.807) is 0 Å². The van der Waals surface area contributed by atoms with Crippen LogP contribution in [-0.4, -0.2) is 18.5 Å². The monoisotopic (exact) mass is 132 g/mol. The standard InChI is InChI=1S/C7H16O2/c1-4-6(5-2)7(8)9-3/h6-8H,4-5H2,1-3H3. The van der Waals surface area contributed by atoms with Crippen molar-refractivity contribution in [3.63, 3.8) is 0 Å². The van der Waals surface area contributed by atoms with Gasteiger partial charge in [0.05, 0.1) is 0 Å². The molecule has 2 nitrogen and oxygen atoms in total. The molecule has 56 valence electrons. The van der Waals surface area contributed by atoms with Crippen LogP contribution >= 0.6 is 0 Å². The molecule has 0 spiro atoms. The smallest absolute Gasteiger partial charge is 0.156 e. The van der Waals surface area contributed by atoms with Crippen molar-refractivity contribution in [2.45, 2.75) is 33.0 Å². The molecule has 0 fully saturated rings. The van der Waals surface area contributed by atoms with Crippen LogP contribution in [0.2, 0.25) is 0 Å². The van der Waals surface area contributed by atoms with Crippen LogP contribution in [0.1, 0.15) is 26.7 Å². The van der Waals surface area contributed by atoms with Gasteiger partial charge in [0.1, 0.15) is 0 Å². The number of hydrogen-bond donors (Lipinski definition) is 1. The van der Waals surface area contributed by atoms with Gasteiger partial charge in [0.25, 0.3) is 0 Å². The molecule has 0 aromatic carbocycles. The number of hydrogen-bond acceptors (Lipinski definition) is 2. The van der Waals surface area contributed by atoms with Crippen molar-refractivity contribution < 1.29 is 9.84 Å². The molecule has 2 heteroatoms. The minimum atomic E-state index is -0.569. The molecule has 0 saturated heterocycles. The van der Waals surface area contributed by atoms with E-state index in [1.165, 1.54) is 7.11 Å². The van der Waals surface area contributed by atoms with Gasteiger partial charge in [0, 0.05) is 13.0 Å². The van der Waals surface area contributed by atoms with Gasteiger partial charge >= 0.3 is 0 Å². The maximum atomic E-state index is 9.10. The summed E-state index contributed by atoms with van der Waals surface area (Å²) >= 11 is 0. The van der Waals surface area contributed by atoms with E-state index >= 15 is 0 Å². The van der Waals surface area contributed by atoms with Crippen molar-refractivity contribution in [3.05, 3.63) is 0 Å². The largest absolute Gasteiger partial charge is 0.368 e. The summed E-state index contributed by atoms with van der Waals surface area (Å²) in [6, 6.07) is 0. The molecule has 0 heterocycles. The van der Waals surface area contributed by atoms with Gasteiger partial charge in [-0.25, -0.2) is 0 Å².